The second-order valence-electron chi connectivity index (χ2n) is 5.49. The van der Waals surface area contributed by atoms with E-state index in [1.807, 2.05) is 6.07 Å². The van der Waals surface area contributed by atoms with E-state index in [1.165, 1.54) is 23.5 Å². The number of nitrogens with zero attached hydrogens (tertiary/aromatic N) is 1. The molecule has 1 aliphatic heterocycles. The molecule has 0 spiro atoms. The van der Waals surface area contributed by atoms with E-state index in [9.17, 15) is 18.0 Å². The molecule has 1 amide bonds. The third kappa shape index (κ3) is 6.90. The molecule has 10 heteroatoms. The predicted molar refractivity (Wildman–Crippen MR) is 102 cm³/mol. The summed E-state index contributed by atoms with van der Waals surface area (Å²) in [5.41, 5.74) is 0.555. The van der Waals surface area contributed by atoms with Crippen LogP contribution in [-0.4, -0.2) is 55.2 Å². The molecule has 7 nitrogen and oxygen atoms in total. The molecular formula is C16H18N2O5S3. The molecule has 0 saturated carbocycles. The molecule has 1 aromatic carbocycles. The van der Waals surface area contributed by atoms with Gasteiger partial charge in [-0.15, -0.1) is 23.5 Å². The molecule has 1 aromatic rings. The van der Waals surface area contributed by atoms with E-state index in [2.05, 4.69) is 5.32 Å². The quantitative estimate of drug-likeness (QED) is 0.505. The Morgan fingerprint density at radius 2 is 2.12 bits per heavy atom. The molecule has 26 heavy (non-hydrogen) atoms. The number of benzene rings is 1. The molecule has 0 radical (unpaired) electrons. The number of hydrogen-bond acceptors (Lipinski definition) is 8. The van der Waals surface area contributed by atoms with Crippen LogP contribution in [0, 0.1) is 11.3 Å². The molecule has 1 atom stereocenters. The van der Waals surface area contributed by atoms with Crippen molar-refractivity contribution >= 4 is 50.9 Å². The summed E-state index contributed by atoms with van der Waals surface area (Å²) in [6.45, 7) is -0.417. The first-order valence-corrected chi connectivity index (χ1v) is 11.6. The standard InChI is InChI=1S/C16H18N2O5S3/c17-6-7-24-14-4-2-1-3-13(14)18-15(19)9-23-16(20)10-25-12-5-8-26(21,22)11-12/h1-4,12H,5,7-11H2,(H,18,19)/t12-/m0/s1. The Balaban J connectivity index is 1.73. The van der Waals surface area contributed by atoms with Gasteiger partial charge in [-0.25, -0.2) is 8.42 Å². The van der Waals surface area contributed by atoms with Gasteiger partial charge in [0.25, 0.3) is 5.91 Å². The summed E-state index contributed by atoms with van der Waals surface area (Å²) in [7, 11) is -2.97. The van der Waals surface area contributed by atoms with Gasteiger partial charge < -0.3 is 10.1 Å². The fraction of sp³-hybridized carbons (Fsp3) is 0.438. The fourth-order valence-corrected chi connectivity index (χ4v) is 6.37. The Morgan fingerprint density at radius 1 is 1.35 bits per heavy atom. The lowest BCUT2D eigenvalue weighted by atomic mass is 10.3. The number of esters is 1. The van der Waals surface area contributed by atoms with Crippen LogP contribution in [0.1, 0.15) is 6.42 Å². The first-order chi connectivity index (χ1) is 12.4. The van der Waals surface area contributed by atoms with Gasteiger partial charge in [0.15, 0.2) is 16.4 Å². The van der Waals surface area contributed by atoms with Crippen LogP contribution >= 0.6 is 23.5 Å². The number of para-hydroxylation sites is 1. The lowest BCUT2D eigenvalue weighted by Crippen LogP contribution is -2.22. The van der Waals surface area contributed by atoms with Crippen LogP contribution in [-0.2, 0) is 24.2 Å². The number of carbonyl (C=O) groups is 2. The summed E-state index contributed by atoms with van der Waals surface area (Å²) in [6.07, 6.45) is 0.540. The van der Waals surface area contributed by atoms with E-state index < -0.39 is 28.3 Å². The van der Waals surface area contributed by atoms with Crippen molar-refractivity contribution in [2.45, 2.75) is 16.6 Å². The number of hydrogen-bond donors (Lipinski definition) is 1. The number of sulfone groups is 1. The average molecular weight is 415 g/mol. The van der Waals surface area contributed by atoms with Crippen LogP contribution < -0.4 is 5.32 Å². The summed E-state index contributed by atoms with van der Waals surface area (Å²) in [5, 5.41) is 11.2. The fourth-order valence-electron chi connectivity index (χ4n) is 2.26. The van der Waals surface area contributed by atoms with E-state index in [4.69, 9.17) is 10.00 Å². The van der Waals surface area contributed by atoms with Crippen molar-refractivity contribution < 1.29 is 22.7 Å². The second-order valence-corrected chi connectivity index (χ2v) is 10.0. The van der Waals surface area contributed by atoms with Crippen molar-refractivity contribution in [3.63, 3.8) is 0 Å². The number of carbonyl (C=O) groups excluding carboxylic acids is 2. The number of thioether (sulfide) groups is 2. The van der Waals surface area contributed by atoms with Crippen LogP contribution in [0.5, 0.6) is 0 Å². The summed E-state index contributed by atoms with van der Waals surface area (Å²) >= 11 is 2.54. The van der Waals surface area contributed by atoms with Crippen molar-refractivity contribution in [2.75, 3.05) is 34.9 Å². The van der Waals surface area contributed by atoms with Crippen molar-refractivity contribution in [1.29, 1.82) is 5.26 Å². The molecule has 0 unspecified atom stereocenters. The Hall–Kier alpha value is -1.70. The predicted octanol–water partition coefficient (Wildman–Crippen LogP) is 1.70. The highest BCUT2D eigenvalue weighted by Gasteiger charge is 2.28. The Labute approximate surface area is 160 Å². The Morgan fingerprint density at radius 3 is 2.81 bits per heavy atom. The molecule has 0 aromatic heterocycles. The highest BCUT2D eigenvalue weighted by molar-refractivity contribution is 8.02. The van der Waals surface area contributed by atoms with E-state index in [-0.39, 0.29) is 28.3 Å². The SMILES string of the molecule is N#CCSc1ccccc1NC(=O)COC(=O)CS[C@H]1CCS(=O)(=O)C1. The first-order valence-electron chi connectivity index (χ1n) is 7.76. The van der Waals surface area contributed by atoms with Crippen molar-refractivity contribution in [3.8, 4) is 6.07 Å². The second kappa shape index (κ2) is 9.85. The van der Waals surface area contributed by atoms with Crippen LogP contribution in [0.2, 0.25) is 0 Å². The summed E-state index contributed by atoms with van der Waals surface area (Å²) in [5.74, 6) is -0.509. The molecule has 0 bridgehead atoms. The molecule has 1 fully saturated rings. The van der Waals surface area contributed by atoms with Gasteiger partial charge in [-0.2, -0.15) is 5.26 Å². The number of nitriles is 1. The number of ether oxygens (including phenoxy) is 1. The first kappa shape index (κ1) is 20.6. The molecule has 1 aliphatic rings. The summed E-state index contributed by atoms with van der Waals surface area (Å²) in [4.78, 5) is 24.4. The highest BCUT2D eigenvalue weighted by atomic mass is 32.2. The topological polar surface area (TPSA) is 113 Å². The van der Waals surface area contributed by atoms with E-state index in [1.54, 1.807) is 24.3 Å². The number of amides is 1. The van der Waals surface area contributed by atoms with Crippen molar-refractivity contribution in [3.05, 3.63) is 24.3 Å². The molecule has 1 heterocycles. The maximum Gasteiger partial charge on any atom is 0.316 e. The monoisotopic (exact) mass is 414 g/mol. The highest BCUT2D eigenvalue weighted by Crippen LogP contribution is 2.26. The molecule has 1 saturated heterocycles. The van der Waals surface area contributed by atoms with E-state index >= 15 is 0 Å². The minimum atomic E-state index is -2.97. The molecular weight excluding hydrogens is 396 g/mol. The van der Waals surface area contributed by atoms with Crippen LogP contribution in [0.25, 0.3) is 0 Å². The summed E-state index contributed by atoms with van der Waals surface area (Å²) < 4.78 is 27.7. The zero-order chi connectivity index (χ0) is 19.0. The summed E-state index contributed by atoms with van der Waals surface area (Å²) in [6, 6.07) is 9.07. The van der Waals surface area contributed by atoms with Gasteiger partial charge >= 0.3 is 5.97 Å². The molecule has 1 N–H and O–H groups in total. The van der Waals surface area contributed by atoms with Gasteiger partial charge in [-0.05, 0) is 18.6 Å². The van der Waals surface area contributed by atoms with Gasteiger partial charge in [-0.1, -0.05) is 12.1 Å². The normalized spacial score (nSPS) is 18.0. The van der Waals surface area contributed by atoms with Crippen molar-refractivity contribution in [2.24, 2.45) is 0 Å². The smallest absolute Gasteiger partial charge is 0.316 e. The van der Waals surface area contributed by atoms with Gasteiger partial charge in [0.05, 0.1) is 34.8 Å². The number of nitrogens with one attached hydrogen (secondary N) is 1. The Bertz CT molecular complexity index is 804. The minimum Gasteiger partial charge on any atom is -0.455 e. The number of rotatable bonds is 8. The van der Waals surface area contributed by atoms with Crippen LogP contribution in [0.3, 0.4) is 0 Å². The van der Waals surface area contributed by atoms with Gasteiger partial charge in [0.2, 0.25) is 0 Å². The largest absolute Gasteiger partial charge is 0.455 e. The zero-order valence-corrected chi connectivity index (χ0v) is 16.3. The van der Waals surface area contributed by atoms with Gasteiger partial charge in [0.1, 0.15) is 0 Å². The molecule has 140 valence electrons. The van der Waals surface area contributed by atoms with Crippen molar-refractivity contribution in [1.82, 2.24) is 0 Å². The van der Waals surface area contributed by atoms with Crippen LogP contribution in [0.15, 0.2) is 29.2 Å². The van der Waals surface area contributed by atoms with E-state index in [0.29, 0.717) is 12.1 Å². The lowest BCUT2D eigenvalue weighted by molar-refractivity contribution is -0.144. The van der Waals surface area contributed by atoms with Crippen LogP contribution in [0.4, 0.5) is 5.69 Å². The maximum atomic E-state index is 11.9. The third-order valence-electron chi connectivity index (χ3n) is 3.45. The molecule has 0 aliphatic carbocycles. The van der Waals surface area contributed by atoms with E-state index in [0.717, 1.165) is 4.90 Å². The minimum absolute atomic E-state index is 0.0159. The number of anilines is 1. The Kier molecular flexibility index (Phi) is 7.81. The lowest BCUT2D eigenvalue weighted by Gasteiger charge is -2.10. The molecule has 2 rings (SSSR count). The third-order valence-corrected chi connectivity index (χ3v) is 7.64. The van der Waals surface area contributed by atoms with Gasteiger partial charge in [-0.3, -0.25) is 9.59 Å². The maximum absolute atomic E-state index is 11.9. The average Bonchev–Trinajstić information content (AvgIpc) is 2.96. The zero-order valence-electron chi connectivity index (χ0n) is 13.8. The van der Waals surface area contributed by atoms with Gasteiger partial charge in [0, 0.05) is 10.1 Å².